The maximum absolute atomic E-state index is 10.8. The third-order valence-electron chi connectivity index (χ3n) is 1.45. The highest BCUT2D eigenvalue weighted by Gasteiger charge is 2.01. The van der Waals surface area contributed by atoms with Crippen molar-refractivity contribution in [2.24, 2.45) is 0 Å². The number of sulfone groups is 1. The van der Waals surface area contributed by atoms with Crippen molar-refractivity contribution in [3.63, 3.8) is 0 Å². The molecule has 0 radical (unpaired) electrons. The SMILES string of the molecule is CS(=O)(=O)CCSCc1ccsc1. The third-order valence-corrected chi connectivity index (χ3v) is 4.41. The molecule has 0 aliphatic carbocycles. The lowest BCUT2D eigenvalue weighted by molar-refractivity contribution is 0.603. The van der Waals surface area contributed by atoms with Crippen molar-refractivity contribution in [1.82, 2.24) is 0 Å². The Labute approximate surface area is 87.3 Å². The molecule has 0 saturated carbocycles. The summed E-state index contributed by atoms with van der Waals surface area (Å²) in [5.41, 5.74) is 1.28. The van der Waals surface area contributed by atoms with Gasteiger partial charge in [0, 0.05) is 17.8 Å². The molecule has 5 heteroatoms. The third kappa shape index (κ3) is 5.33. The van der Waals surface area contributed by atoms with E-state index in [1.54, 1.807) is 23.1 Å². The van der Waals surface area contributed by atoms with Crippen LogP contribution in [0.2, 0.25) is 0 Å². The highest BCUT2D eigenvalue weighted by molar-refractivity contribution is 7.99. The maximum Gasteiger partial charge on any atom is 0.148 e. The number of hydrogen-bond acceptors (Lipinski definition) is 4. The Hall–Kier alpha value is -0.0000000000000000833. The van der Waals surface area contributed by atoms with E-state index >= 15 is 0 Å². The Morgan fingerprint density at radius 1 is 1.54 bits per heavy atom. The first-order valence-electron chi connectivity index (χ1n) is 3.84. The van der Waals surface area contributed by atoms with E-state index in [0.717, 1.165) is 5.75 Å². The van der Waals surface area contributed by atoms with Crippen LogP contribution in [0.25, 0.3) is 0 Å². The molecule has 0 fully saturated rings. The van der Waals surface area contributed by atoms with Crippen LogP contribution in [-0.4, -0.2) is 26.2 Å². The zero-order chi connectivity index (χ0) is 9.73. The quantitative estimate of drug-likeness (QED) is 0.734. The van der Waals surface area contributed by atoms with E-state index in [1.807, 2.05) is 5.38 Å². The molecule has 0 aromatic carbocycles. The van der Waals surface area contributed by atoms with Gasteiger partial charge in [0.25, 0.3) is 0 Å². The Bertz CT molecular complexity index is 326. The minimum atomic E-state index is -2.78. The van der Waals surface area contributed by atoms with E-state index in [4.69, 9.17) is 0 Å². The summed E-state index contributed by atoms with van der Waals surface area (Å²) in [5.74, 6) is 1.88. The van der Waals surface area contributed by atoms with E-state index in [1.165, 1.54) is 11.8 Å². The van der Waals surface area contributed by atoms with Crippen LogP contribution >= 0.6 is 23.1 Å². The highest BCUT2D eigenvalue weighted by Crippen LogP contribution is 2.14. The Morgan fingerprint density at radius 2 is 2.31 bits per heavy atom. The number of rotatable bonds is 5. The second-order valence-electron chi connectivity index (χ2n) is 2.81. The minimum Gasteiger partial charge on any atom is -0.229 e. The van der Waals surface area contributed by atoms with Gasteiger partial charge in [0.1, 0.15) is 9.84 Å². The van der Waals surface area contributed by atoms with Gasteiger partial charge >= 0.3 is 0 Å². The van der Waals surface area contributed by atoms with Crippen LogP contribution in [0.1, 0.15) is 5.56 Å². The van der Waals surface area contributed by atoms with E-state index in [-0.39, 0.29) is 5.75 Å². The van der Waals surface area contributed by atoms with Crippen molar-refractivity contribution in [3.05, 3.63) is 22.4 Å². The van der Waals surface area contributed by atoms with Crippen LogP contribution in [0.15, 0.2) is 16.8 Å². The van der Waals surface area contributed by atoms with Crippen molar-refractivity contribution in [3.8, 4) is 0 Å². The summed E-state index contributed by atoms with van der Waals surface area (Å²) < 4.78 is 21.6. The molecule has 0 aliphatic heterocycles. The lowest BCUT2D eigenvalue weighted by Gasteiger charge is -1.97. The van der Waals surface area contributed by atoms with Crippen molar-refractivity contribution in [1.29, 1.82) is 0 Å². The monoisotopic (exact) mass is 236 g/mol. The molecule has 0 bridgehead atoms. The summed E-state index contributed by atoms with van der Waals surface area (Å²) in [6.07, 6.45) is 1.28. The second kappa shape index (κ2) is 5.02. The standard InChI is InChI=1S/C8H12O2S3/c1-13(9,10)5-4-12-7-8-2-3-11-6-8/h2-3,6H,4-5,7H2,1H3. The normalized spacial score (nSPS) is 11.8. The first kappa shape index (κ1) is 11.1. The molecule has 1 heterocycles. The summed E-state index contributed by atoms with van der Waals surface area (Å²) in [6.45, 7) is 0. The van der Waals surface area contributed by atoms with E-state index in [2.05, 4.69) is 11.4 Å². The van der Waals surface area contributed by atoms with Crippen LogP contribution in [0.5, 0.6) is 0 Å². The molecule has 0 N–H and O–H groups in total. The molecule has 0 spiro atoms. The second-order valence-corrected chi connectivity index (χ2v) is 6.96. The largest absolute Gasteiger partial charge is 0.229 e. The molecule has 0 atom stereocenters. The molecule has 2 nitrogen and oxygen atoms in total. The Balaban J connectivity index is 2.16. The van der Waals surface area contributed by atoms with Gasteiger partial charge in [-0.2, -0.15) is 23.1 Å². The predicted octanol–water partition coefficient (Wildman–Crippen LogP) is 2.03. The van der Waals surface area contributed by atoms with Gasteiger partial charge in [-0.15, -0.1) is 0 Å². The first-order chi connectivity index (χ1) is 6.08. The molecule has 0 unspecified atom stereocenters. The molecule has 1 rings (SSSR count). The summed E-state index contributed by atoms with van der Waals surface area (Å²) in [5, 5.41) is 4.12. The highest BCUT2D eigenvalue weighted by atomic mass is 32.2. The molecule has 0 amide bonds. The van der Waals surface area contributed by atoms with Crippen LogP contribution in [0.4, 0.5) is 0 Å². The van der Waals surface area contributed by atoms with Gasteiger partial charge in [0.05, 0.1) is 5.75 Å². The molecule has 1 aromatic rings. The molecule has 13 heavy (non-hydrogen) atoms. The number of hydrogen-bond donors (Lipinski definition) is 0. The van der Waals surface area contributed by atoms with Gasteiger partial charge in [0.15, 0.2) is 0 Å². The van der Waals surface area contributed by atoms with Crippen molar-refractivity contribution < 1.29 is 8.42 Å². The molecule has 0 aliphatic rings. The summed E-state index contributed by atoms with van der Waals surface area (Å²) in [6, 6.07) is 2.07. The van der Waals surface area contributed by atoms with Gasteiger partial charge in [0.2, 0.25) is 0 Å². The number of thiophene rings is 1. The van der Waals surface area contributed by atoms with Crippen molar-refractivity contribution in [2.45, 2.75) is 5.75 Å². The number of thioether (sulfide) groups is 1. The van der Waals surface area contributed by atoms with Crippen LogP contribution in [0, 0.1) is 0 Å². The average Bonchev–Trinajstić information content (AvgIpc) is 2.48. The van der Waals surface area contributed by atoms with E-state index in [0.29, 0.717) is 5.75 Å². The summed E-state index contributed by atoms with van der Waals surface area (Å²) in [7, 11) is -2.78. The first-order valence-corrected chi connectivity index (χ1v) is 8.00. The van der Waals surface area contributed by atoms with E-state index < -0.39 is 9.84 Å². The topological polar surface area (TPSA) is 34.1 Å². The van der Waals surface area contributed by atoms with Gasteiger partial charge in [-0.3, -0.25) is 0 Å². The lowest BCUT2D eigenvalue weighted by Crippen LogP contribution is -2.05. The summed E-state index contributed by atoms with van der Waals surface area (Å²) in [4.78, 5) is 0. The summed E-state index contributed by atoms with van der Waals surface area (Å²) >= 11 is 3.34. The molecule has 1 aromatic heterocycles. The zero-order valence-corrected chi connectivity index (χ0v) is 9.84. The minimum absolute atomic E-state index is 0.280. The maximum atomic E-state index is 10.8. The fourth-order valence-corrected chi connectivity index (χ4v) is 3.79. The molecule has 74 valence electrons. The average molecular weight is 236 g/mol. The van der Waals surface area contributed by atoms with Gasteiger partial charge in [-0.25, -0.2) is 8.42 Å². The Kier molecular flexibility index (Phi) is 4.28. The predicted molar refractivity (Wildman–Crippen MR) is 60.2 cm³/mol. The molecular formula is C8H12O2S3. The van der Waals surface area contributed by atoms with Crippen molar-refractivity contribution in [2.75, 3.05) is 17.8 Å². The van der Waals surface area contributed by atoms with E-state index in [9.17, 15) is 8.42 Å². The Morgan fingerprint density at radius 3 is 2.85 bits per heavy atom. The fourth-order valence-electron chi connectivity index (χ4n) is 0.775. The van der Waals surface area contributed by atoms with Crippen LogP contribution in [0.3, 0.4) is 0 Å². The molecular weight excluding hydrogens is 224 g/mol. The van der Waals surface area contributed by atoms with Crippen LogP contribution in [-0.2, 0) is 15.6 Å². The van der Waals surface area contributed by atoms with Crippen molar-refractivity contribution >= 4 is 32.9 Å². The molecule has 0 saturated heterocycles. The zero-order valence-electron chi connectivity index (χ0n) is 7.39. The van der Waals surface area contributed by atoms with Crippen LogP contribution < -0.4 is 0 Å². The van der Waals surface area contributed by atoms with Gasteiger partial charge < -0.3 is 0 Å². The van der Waals surface area contributed by atoms with Gasteiger partial charge in [-0.05, 0) is 22.4 Å². The lowest BCUT2D eigenvalue weighted by atomic mass is 10.4. The van der Waals surface area contributed by atoms with Gasteiger partial charge in [-0.1, -0.05) is 0 Å². The smallest absolute Gasteiger partial charge is 0.148 e. The fraction of sp³-hybridized carbons (Fsp3) is 0.500.